The molecule has 5 rings (SSSR count). The van der Waals surface area contributed by atoms with Crippen molar-refractivity contribution < 1.29 is 9.47 Å². The van der Waals surface area contributed by atoms with Crippen LogP contribution in [0.4, 0.5) is 5.82 Å². The van der Waals surface area contributed by atoms with Crippen molar-refractivity contribution >= 4 is 22.4 Å². The van der Waals surface area contributed by atoms with Crippen molar-refractivity contribution in [1.29, 1.82) is 0 Å². The molecule has 0 spiro atoms. The van der Waals surface area contributed by atoms with Crippen LogP contribution in [0, 0.1) is 0 Å². The summed E-state index contributed by atoms with van der Waals surface area (Å²) >= 11 is 0. The summed E-state index contributed by atoms with van der Waals surface area (Å²) in [4.78, 5) is 10.7. The van der Waals surface area contributed by atoms with E-state index in [4.69, 9.17) is 9.47 Å². The maximum Gasteiger partial charge on any atom is 0.252 e. The molecule has 3 aromatic heterocycles. The topological polar surface area (TPSA) is 90.6 Å². The number of hydrogen-bond donors (Lipinski definition) is 0. The Kier molecular flexibility index (Phi) is 4.34. The first-order valence-corrected chi connectivity index (χ1v) is 9.55. The lowest BCUT2D eigenvalue weighted by Gasteiger charge is -2.33. The Morgan fingerprint density at radius 2 is 1.83 bits per heavy atom. The van der Waals surface area contributed by atoms with Crippen LogP contribution in [-0.2, 0) is 0 Å². The number of rotatable bonds is 4. The lowest BCUT2D eigenvalue weighted by atomic mass is 9.93. The quantitative estimate of drug-likeness (QED) is 0.524. The van der Waals surface area contributed by atoms with Crippen molar-refractivity contribution in [2.75, 3.05) is 32.2 Å². The minimum atomic E-state index is 0.399. The maximum atomic E-state index is 5.48. The lowest BCUT2D eigenvalue weighted by Crippen LogP contribution is -2.34. The third-order valence-electron chi connectivity index (χ3n) is 5.57. The Bertz CT molecular complexity index is 1170. The molecule has 1 fully saturated rings. The van der Waals surface area contributed by atoms with Crippen LogP contribution < -0.4 is 14.4 Å². The molecule has 1 saturated heterocycles. The first kappa shape index (κ1) is 17.6. The van der Waals surface area contributed by atoms with E-state index in [1.54, 1.807) is 26.7 Å². The fraction of sp³-hybridized carbons (Fsp3) is 0.350. The molecular formula is C20H21N7O2. The molecular weight excluding hydrogens is 370 g/mol. The van der Waals surface area contributed by atoms with Crippen LogP contribution in [0.15, 0.2) is 36.9 Å². The molecule has 1 aliphatic heterocycles. The normalized spacial score (nSPS) is 15.2. The second-order valence-electron chi connectivity index (χ2n) is 7.07. The van der Waals surface area contributed by atoms with E-state index in [2.05, 4.69) is 30.2 Å². The number of fused-ring (bicyclic) bond motifs is 2. The van der Waals surface area contributed by atoms with Gasteiger partial charge in [-0.05, 0) is 31.0 Å². The summed E-state index contributed by atoms with van der Waals surface area (Å²) in [7, 11) is 3.28. The molecule has 0 unspecified atom stereocenters. The van der Waals surface area contributed by atoms with Gasteiger partial charge in [0, 0.05) is 36.0 Å². The summed E-state index contributed by atoms with van der Waals surface area (Å²) in [5.41, 5.74) is 1.16. The van der Waals surface area contributed by atoms with Gasteiger partial charge in [0.2, 0.25) is 0 Å². The predicted octanol–water partition coefficient (Wildman–Crippen LogP) is 2.47. The molecule has 9 heteroatoms. The van der Waals surface area contributed by atoms with Crippen molar-refractivity contribution in [3.8, 4) is 11.5 Å². The van der Waals surface area contributed by atoms with Gasteiger partial charge in [-0.15, -0.1) is 5.10 Å². The average Bonchev–Trinajstić information content (AvgIpc) is 3.27. The highest BCUT2D eigenvalue weighted by molar-refractivity contribution is 5.94. The Morgan fingerprint density at radius 1 is 1.03 bits per heavy atom. The van der Waals surface area contributed by atoms with Crippen LogP contribution in [0.3, 0.4) is 0 Å². The SMILES string of the molecule is COc1cc2cnnc(N3CCC(c4ccnc5ncnn45)CC3)c2cc1OC. The van der Waals surface area contributed by atoms with Gasteiger partial charge in [0.05, 0.1) is 26.1 Å². The number of anilines is 1. The fourth-order valence-electron chi connectivity index (χ4n) is 4.08. The molecule has 0 amide bonds. The number of piperidine rings is 1. The minimum Gasteiger partial charge on any atom is -0.493 e. The average molecular weight is 391 g/mol. The van der Waals surface area contributed by atoms with Gasteiger partial charge in [-0.25, -0.2) is 9.50 Å². The van der Waals surface area contributed by atoms with Crippen molar-refractivity contribution in [2.45, 2.75) is 18.8 Å². The third kappa shape index (κ3) is 2.98. The van der Waals surface area contributed by atoms with Gasteiger partial charge in [0.25, 0.3) is 5.78 Å². The first-order valence-electron chi connectivity index (χ1n) is 9.55. The highest BCUT2D eigenvalue weighted by Crippen LogP contribution is 2.37. The molecule has 9 nitrogen and oxygen atoms in total. The van der Waals surface area contributed by atoms with Crippen LogP contribution in [0.2, 0.25) is 0 Å². The number of nitrogens with zero attached hydrogens (tertiary/aromatic N) is 7. The molecule has 148 valence electrons. The fourth-order valence-corrected chi connectivity index (χ4v) is 4.08. The molecule has 0 saturated carbocycles. The molecule has 4 aromatic rings. The summed E-state index contributed by atoms with van der Waals surface area (Å²) < 4.78 is 12.7. The van der Waals surface area contributed by atoms with Gasteiger partial charge >= 0.3 is 0 Å². The van der Waals surface area contributed by atoms with E-state index in [0.29, 0.717) is 23.2 Å². The molecule has 29 heavy (non-hydrogen) atoms. The Balaban J connectivity index is 1.43. The van der Waals surface area contributed by atoms with Crippen molar-refractivity contribution in [1.82, 2.24) is 29.8 Å². The maximum absolute atomic E-state index is 5.48. The van der Waals surface area contributed by atoms with Gasteiger partial charge in [-0.1, -0.05) is 0 Å². The number of benzene rings is 1. The first-order chi connectivity index (χ1) is 14.3. The van der Waals surface area contributed by atoms with Crippen LogP contribution in [0.1, 0.15) is 24.5 Å². The number of hydrogen-bond acceptors (Lipinski definition) is 8. The van der Waals surface area contributed by atoms with Crippen molar-refractivity contribution in [3.05, 3.63) is 42.6 Å². The monoisotopic (exact) mass is 391 g/mol. The summed E-state index contributed by atoms with van der Waals surface area (Å²) in [5, 5.41) is 15.0. The predicted molar refractivity (Wildman–Crippen MR) is 108 cm³/mol. The molecule has 1 aromatic carbocycles. The highest BCUT2D eigenvalue weighted by atomic mass is 16.5. The molecule has 0 atom stereocenters. The summed E-state index contributed by atoms with van der Waals surface area (Å²) in [6.45, 7) is 1.76. The van der Waals surface area contributed by atoms with Crippen molar-refractivity contribution in [2.24, 2.45) is 0 Å². The number of ether oxygens (including phenoxy) is 2. The van der Waals surface area contributed by atoms with Crippen LogP contribution in [0.25, 0.3) is 16.6 Å². The van der Waals surface area contributed by atoms with Crippen LogP contribution in [0.5, 0.6) is 11.5 Å². The minimum absolute atomic E-state index is 0.399. The van der Waals surface area contributed by atoms with E-state index in [1.807, 2.05) is 28.9 Å². The Morgan fingerprint density at radius 3 is 2.62 bits per heavy atom. The van der Waals surface area contributed by atoms with Gasteiger partial charge in [-0.3, -0.25) is 0 Å². The zero-order valence-electron chi connectivity index (χ0n) is 16.3. The van der Waals surface area contributed by atoms with E-state index in [1.165, 1.54) is 0 Å². The Labute approximate surface area is 167 Å². The Hall–Kier alpha value is -3.49. The van der Waals surface area contributed by atoms with Gasteiger partial charge in [0.15, 0.2) is 17.3 Å². The molecule has 0 radical (unpaired) electrons. The molecule has 0 N–H and O–H groups in total. The van der Waals surface area contributed by atoms with E-state index in [-0.39, 0.29) is 0 Å². The summed E-state index contributed by atoms with van der Waals surface area (Å²) in [6.07, 6.45) is 7.09. The highest BCUT2D eigenvalue weighted by Gasteiger charge is 2.25. The zero-order chi connectivity index (χ0) is 19.8. The molecule has 1 aliphatic rings. The van der Waals surface area contributed by atoms with Crippen LogP contribution >= 0.6 is 0 Å². The third-order valence-corrected chi connectivity index (χ3v) is 5.57. The summed E-state index contributed by atoms with van der Waals surface area (Å²) in [5.74, 6) is 3.30. The van der Waals surface area contributed by atoms with E-state index in [0.717, 1.165) is 48.2 Å². The van der Waals surface area contributed by atoms with Gasteiger partial charge in [0.1, 0.15) is 6.33 Å². The zero-order valence-corrected chi connectivity index (χ0v) is 16.3. The smallest absolute Gasteiger partial charge is 0.252 e. The number of methoxy groups -OCH3 is 2. The second kappa shape index (κ2) is 7.16. The number of aromatic nitrogens is 6. The molecule has 0 aliphatic carbocycles. The summed E-state index contributed by atoms with van der Waals surface area (Å²) in [6, 6.07) is 5.96. The lowest BCUT2D eigenvalue weighted by molar-refractivity contribution is 0.356. The molecule has 0 bridgehead atoms. The van der Waals surface area contributed by atoms with E-state index in [9.17, 15) is 0 Å². The second-order valence-corrected chi connectivity index (χ2v) is 7.07. The van der Waals surface area contributed by atoms with Gasteiger partial charge < -0.3 is 14.4 Å². The molecule has 4 heterocycles. The van der Waals surface area contributed by atoms with E-state index >= 15 is 0 Å². The van der Waals surface area contributed by atoms with Crippen molar-refractivity contribution in [3.63, 3.8) is 0 Å². The standard InChI is InChI=1S/C20H21N7O2/c1-28-17-9-14-11-23-25-19(15(14)10-18(17)29-2)26-7-4-13(5-8-26)16-3-6-21-20-22-12-24-27(16)20/h3,6,9-13H,4-5,7-8H2,1-2H3. The van der Waals surface area contributed by atoms with Gasteiger partial charge in [-0.2, -0.15) is 15.2 Å². The van der Waals surface area contributed by atoms with E-state index < -0.39 is 0 Å². The van der Waals surface area contributed by atoms with Crippen LogP contribution in [-0.4, -0.2) is 57.1 Å². The largest absolute Gasteiger partial charge is 0.493 e.